The van der Waals surface area contributed by atoms with Crippen molar-refractivity contribution in [2.45, 2.75) is 50.2 Å². The summed E-state index contributed by atoms with van der Waals surface area (Å²) in [5.41, 5.74) is -2.64. The van der Waals surface area contributed by atoms with E-state index < -0.39 is 138 Å². The van der Waals surface area contributed by atoms with Gasteiger partial charge in [-0.25, -0.2) is 9.59 Å². The predicted octanol–water partition coefficient (Wildman–Crippen LogP) is -2.36. The lowest BCUT2D eigenvalue weighted by Gasteiger charge is -2.20. The Hall–Kier alpha value is -6.54. The molecular weight excluding hydrogens is 654 g/mol. The number of carboxylic acid groups (broad SMARTS) is 6. The van der Waals surface area contributed by atoms with Crippen LogP contribution in [0.4, 0.5) is 0 Å². The molecule has 0 radical (unpaired) electrons. The Labute approximate surface area is 266 Å². The van der Waals surface area contributed by atoms with E-state index in [0.29, 0.717) is 12.1 Å². The first-order valence-corrected chi connectivity index (χ1v) is 13.2. The lowest BCUT2D eigenvalue weighted by atomic mass is 9.90. The second-order valence-electron chi connectivity index (χ2n) is 9.80. The minimum atomic E-state index is -2.06. The maximum Gasteiger partial charge on any atom is 0.326 e. The van der Waals surface area contributed by atoms with Crippen molar-refractivity contribution in [3.8, 4) is 0 Å². The van der Waals surface area contributed by atoms with Crippen LogP contribution < -0.4 is 16.0 Å². The molecule has 0 aliphatic heterocycles. The molecule has 0 spiro atoms. The lowest BCUT2D eigenvalue weighted by Crippen LogP contribution is -2.52. The number of aldehydes is 2. The number of ketones is 1. The van der Waals surface area contributed by atoms with Crippen LogP contribution >= 0.6 is 0 Å². The predicted molar refractivity (Wildman–Crippen MR) is 149 cm³/mol. The number of nitrogens with one attached hydrogen (secondary N) is 3. The second-order valence-corrected chi connectivity index (χ2v) is 9.80. The number of aliphatic carboxylic acids is 6. The summed E-state index contributed by atoms with van der Waals surface area (Å²) in [6.45, 7) is 0. The van der Waals surface area contributed by atoms with Gasteiger partial charge in [0.25, 0.3) is 5.91 Å². The van der Waals surface area contributed by atoms with E-state index in [4.69, 9.17) is 25.5 Å². The fourth-order valence-electron chi connectivity index (χ4n) is 4.00. The molecule has 9 N–H and O–H groups in total. The lowest BCUT2D eigenvalue weighted by molar-refractivity contribution is -0.148. The van der Waals surface area contributed by atoms with Crippen molar-refractivity contribution in [1.82, 2.24) is 16.0 Å². The average Bonchev–Trinajstić information content (AvgIpc) is 2.97. The van der Waals surface area contributed by atoms with Gasteiger partial charge in [-0.3, -0.25) is 47.9 Å². The highest BCUT2D eigenvalue weighted by Crippen LogP contribution is 2.21. The molecule has 0 aliphatic rings. The van der Waals surface area contributed by atoms with E-state index in [2.05, 4.69) is 0 Å². The smallest absolute Gasteiger partial charge is 0.326 e. The van der Waals surface area contributed by atoms with Crippen LogP contribution in [0.3, 0.4) is 0 Å². The van der Waals surface area contributed by atoms with Crippen molar-refractivity contribution in [1.29, 1.82) is 0 Å². The largest absolute Gasteiger partial charge is 0.481 e. The Morgan fingerprint density at radius 2 is 0.917 bits per heavy atom. The number of hydrogen-bond acceptors (Lipinski definition) is 12. The van der Waals surface area contributed by atoms with Gasteiger partial charge in [0, 0.05) is 23.1 Å². The molecule has 0 fully saturated rings. The van der Waals surface area contributed by atoms with Crippen LogP contribution in [-0.2, 0) is 38.4 Å². The molecule has 0 aliphatic carbocycles. The van der Waals surface area contributed by atoms with Crippen molar-refractivity contribution >= 4 is 71.9 Å². The summed E-state index contributed by atoms with van der Waals surface area (Å²) in [5, 5.41) is 59.8. The maximum absolute atomic E-state index is 13.1. The van der Waals surface area contributed by atoms with Crippen LogP contribution in [0.15, 0.2) is 12.1 Å². The van der Waals surface area contributed by atoms with Gasteiger partial charge in [-0.1, -0.05) is 0 Å². The third-order valence-electron chi connectivity index (χ3n) is 6.23. The van der Waals surface area contributed by atoms with Gasteiger partial charge in [0.1, 0.15) is 18.1 Å². The number of Topliss-reactive ketones (excluding diaryl/α,β-unsaturated/α-hetero) is 1. The normalized spacial score (nSPS) is 12.9. The van der Waals surface area contributed by atoms with Gasteiger partial charge in [0.2, 0.25) is 11.8 Å². The molecule has 21 heteroatoms. The highest BCUT2D eigenvalue weighted by molar-refractivity contribution is 6.10. The second kappa shape index (κ2) is 17.8. The molecule has 0 unspecified atom stereocenters. The molecule has 1 aromatic carbocycles. The first kappa shape index (κ1) is 39.5. The van der Waals surface area contributed by atoms with Crippen molar-refractivity contribution < 1.29 is 88.2 Å². The van der Waals surface area contributed by atoms with Crippen molar-refractivity contribution in [2.75, 3.05) is 0 Å². The van der Waals surface area contributed by atoms with Crippen LogP contribution in [0.1, 0.15) is 73.5 Å². The number of amides is 3. The van der Waals surface area contributed by atoms with Gasteiger partial charge < -0.3 is 46.6 Å². The number of carboxylic acids is 6. The van der Waals surface area contributed by atoms with Crippen molar-refractivity contribution in [3.63, 3.8) is 0 Å². The van der Waals surface area contributed by atoms with Gasteiger partial charge in [0.05, 0.1) is 37.2 Å². The Balaban J connectivity index is 3.43. The summed E-state index contributed by atoms with van der Waals surface area (Å²) < 4.78 is 0. The Morgan fingerprint density at radius 1 is 0.521 bits per heavy atom. The summed E-state index contributed by atoms with van der Waals surface area (Å²) in [5.74, 6) is -17.4. The number of hydrogen-bond donors (Lipinski definition) is 9. The number of rotatable bonds is 21. The number of carbonyl (C=O) groups excluding carboxylic acids is 6. The zero-order valence-corrected chi connectivity index (χ0v) is 24.2. The summed E-state index contributed by atoms with van der Waals surface area (Å²) in [6.07, 6.45) is -5.51. The molecule has 1 rings (SSSR count). The van der Waals surface area contributed by atoms with Crippen LogP contribution in [-0.4, -0.2) is 121 Å². The first-order chi connectivity index (χ1) is 22.3. The van der Waals surface area contributed by atoms with Gasteiger partial charge in [-0.05, 0) is 12.1 Å². The first-order valence-electron chi connectivity index (χ1n) is 13.2. The highest BCUT2D eigenvalue weighted by atomic mass is 16.4. The van der Waals surface area contributed by atoms with Gasteiger partial charge in [-0.15, -0.1) is 0 Å². The molecule has 0 aromatic heterocycles. The molecule has 0 saturated carbocycles. The van der Waals surface area contributed by atoms with E-state index in [1.807, 2.05) is 5.32 Å². The standard InChI is InChI=1S/C27H27N3O18/c31-8-11-2-14(24(43)28-15(5-20(36)37)25(44)30-17(27(47)48)7-22(40)41)12(9-32)1-13(11)18(33)3-10(4-19(34)35)23(42)29-16(26(45)46)6-21(38)39/h1-2,8-10,15-17H,3-7H2,(H,28,43)(H,29,42)(H,30,44)(H,34,35)(H,36,37)(H,38,39)(H,40,41)(H,45,46)(H,47,48)/t10-,15-,16-,17-/m1/s1. The van der Waals surface area contributed by atoms with Crippen LogP contribution in [0.5, 0.6) is 0 Å². The number of carbonyl (C=O) groups is 12. The molecule has 0 heterocycles. The molecule has 4 atom stereocenters. The summed E-state index contributed by atoms with van der Waals surface area (Å²) in [7, 11) is 0. The number of benzene rings is 1. The quantitative estimate of drug-likeness (QED) is 0.0483. The van der Waals surface area contributed by atoms with Gasteiger partial charge in [-0.2, -0.15) is 0 Å². The zero-order chi connectivity index (χ0) is 36.9. The van der Waals surface area contributed by atoms with E-state index in [1.54, 1.807) is 10.6 Å². The molecule has 48 heavy (non-hydrogen) atoms. The van der Waals surface area contributed by atoms with Crippen LogP contribution in [0.2, 0.25) is 0 Å². The minimum Gasteiger partial charge on any atom is -0.481 e. The third-order valence-corrected chi connectivity index (χ3v) is 6.23. The average molecular weight is 682 g/mol. The van der Waals surface area contributed by atoms with Gasteiger partial charge in [0.15, 0.2) is 18.4 Å². The van der Waals surface area contributed by atoms with E-state index in [9.17, 15) is 62.6 Å². The summed E-state index contributed by atoms with van der Waals surface area (Å²) in [4.78, 5) is 142. The summed E-state index contributed by atoms with van der Waals surface area (Å²) >= 11 is 0. The molecule has 21 nitrogen and oxygen atoms in total. The molecule has 1 aromatic rings. The van der Waals surface area contributed by atoms with E-state index >= 15 is 0 Å². The van der Waals surface area contributed by atoms with E-state index in [1.165, 1.54) is 0 Å². The highest BCUT2D eigenvalue weighted by Gasteiger charge is 2.33. The fourth-order valence-corrected chi connectivity index (χ4v) is 4.00. The molecule has 258 valence electrons. The molecule has 3 amide bonds. The molecule has 0 bridgehead atoms. The van der Waals surface area contributed by atoms with E-state index in [0.717, 1.165) is 0 Å². The third kappa shape index (κ3) is 12.1. The minimum absolute atomic E-state index is 0.00296. The maximum atomic E-state index is 13.1. The van der Waals surface area contributed by atoms with Crippen LogP contribution in [0, 0.1) is 5.92 Å². The molecule has 0 saturated heterocycles. The molecular formula is C27H27N3O18. The SMILES string of the molecule is O=Cc1cc(C(=O)N[C@H](CC(=O)O)C(=O)N[C@H](CC(=O)O)C(=O)O)c(C=O)cc1C(=O)C[C@H](CC(=O)O)C(=O)N[C@H](CC(=O)O)C(=O)O. The topological polar surface area (TPSA) is 362 Å². The Bertz CT molecular complexity index is 1440. The van der Waals surface area contributed by atoms with E-state index in [-0.39, 0.29) is 12.6 Å². The van der Waals surface area contributed by atoms with Crippen LogP contribution in [0.25, 0.3) is 0 Å². The van der Waals surface area contributed by atoms with Gasteiger partial charge >= 0.3 is 35.8 Å². The van der Waals surface area contributed by atoms with Crippen molar-refractivity contribution in [2.24, 2.45) is 5.92 Å². The zero-order valence-electron chi connectivity index (χ0n) is 24.2. The Morgan fingerprint density at radius 3 is 1.33 bits per heavy atom. The summed E-state index contributed by atoms with van der Waals surface area (Å²) in [6, 6.07) is -4.78. The van der Waals surface area contributed by atoms with Crippen molar-refractivity contribution in [3.05, 3.63) is 34.4 Å². The Kier molecular flexibility index (Phi) is 14.7. The monoisotopic (exact) mass is 681 g/mol. The fraction of sp³-hybridized carbons (Fsp3) is 0.333.